The molecule has 2 heterocycles. The SMILES string of the molecule is NC(=O)COc1ccc(C(=O)N2CCc3n[nH]nc3C2)cc1. The second-order valence-corrected chi connectivity index (χ2v) is 4.97. The van der Waals surface area contributed by atoms with Gasteiger partial charge in [-0.25, -0.2) is 0 Å². The maximum Gasteiger partial charge on any atom is 0.255 e. The van der Waals surface area contributed by atoms with Gasteiger partial charge in [-0.2, -0.15) is 15.4 Å². The third-order valence-electron chi connectivity index (χ3n) is 3.43. The van der Waals surface area contributed by atoms with E-state index in [-0.39, 0.29) is 12.5 Å². The van der Waals surface area contributed by atoms with Gasteiger partial charge in [0.05, 0.1) is 12.2 Å². The minimum absolute atomic E-state index is 0.0740. The van der Waals surface area contributed by atoms with E-state index < -0.39 is 5.91 Å². The molecule has 0 unspecified atom stereocenters. The minimum Gasteiger partial charge on any atom is -0.484 e. The number of fused-ring (bicyclic) bond motifs is 1. The van der Waals surface area contributed by atoms with E-state index in [1.807, 2.05) is 0 Å². The molecule has 114 valence electrons. The lowest BCUT2D eigenvalue weighted by molar-refractivity contribution is -0.119. The van der Waals surface area contributed by atoms with E-state index in [0.717, 1.165) is 11.4 Å². The summed E-state index contributed by atoms with van der Waals surface area (Å²) < 4.78 is 5.16. The zero-order valence-electron chi connectivity index (χ0n) is 11.8. The van der Waals surface area contributed by atoms with Gasteiger partial charge in [-0.15, -0.1) is 0 Å². The summed E-state index contributed by atoms with van der Waals surface area (Å²) >= 11 is 0. The van der Waals surface area contributed by atoms with Crippen LogP contribution in [-0.2, 0) is 17.8 Å². The smallest absolute Gasteiger partial charge is 0.255 e. The van der Waals surface area contributed by atoms with Crippen LogP contribution in [0, 0.1) is 0 Å². The molecule has 1 aromatic heterocycles. The van der Waals surface area contributed by atoms with Crippen LogP contribution in [0.2, 0.25) is 0 Å². The summed E-state index contributed by atoms with van der Waals surface area (Å²) in [6, 6.07) is 6.61. The molecule has 0 aliphatic carbocycles. The number of rotatable bonds is 4. The molecule has 0 bridgehead atoms. The van der Waals surface area contributed by atoms with Gasteiger partial charge in [0, 0.05) is 18.5 Å². The van der Waals surface area contributed by atoms with Crippen molar-refractivity contribution in [2.45, 2.75) is 13.0 Å². The molecule has 0 spiro atoms. The van der Waals surface area contributed by atoms with E-state index in [9.17, 15) is 9.59 Å². The minimum atomic E-state index is -0.545. The highest BCUT2D eigenvalue weighted by Crippen LogP contribution is 2.18. The Labute approximate surface area is 126 Å². The van der Waals surface area contributed by atoms with E-state index >= 15 is 0 Å². The monoisotopic (exact) mass is 301 g/mol. The number of nitrogens with one attached hydrogen (secondary N) is 1. The highest BCUT2D eigenvalue weighted by Gasteiger charge is 2.24. The molecule has 0 fully saturated rings. The average Bonchev–Trinajstić information content (AvgIpc) is 3.00. The Hall–Kier alpha value is -2.90. The Bertz CT molecular complexity index is 695. The third-order valence-corrected chi connectivity index (χ3v) is 3.43. The van der Waals surface area contributed by atoms with Gasteiger partial charge in [0.2, 0.25) is 0 Å². The highest BCUT2D eigenvalue weighted by molar-refractivity contribution is 5.94. The maximum absolute atomic E-state index is 12.5. The molecule has 0 radical (unpaired) electrons. The van der Waals surface area contributed by atoms with Crippen LogP contribution in [0.1, 0.15) is 21.7 Å². The number of amides is 2. The number of hydrogen-bond acceptors (Lipinski definition) is 5. The molecule has 8 heteroatoms. The molecule has 3 rings (SSSR count). The molecule has 2 aromatic rings. The van der Waals surface area contributed by atoms with E-state index in [1.54, 1.807) is 29.2 Å². The third kappa shape index (κ3) is 2.90. The van der Waals surface area contributed by atoms with Crippen molar-refractivity contribution in [3.63, 3.8) is 0 Å². The Morgan fingerprint density at radius 1 is 1.23 bits per heavy atom. The Kier molecular flexibility index (Phi) is 3.73. The number of aromatic nitrogens is 3. The quantitative estimate of drug-likeness (QED) is 0.816. The lowest BCUT2D eigenvalue weighted by atomic mass is 10.1. The first kappa shape index (κ1) is 14.1. The van der Waals surface area contributed by atoms with Crippen LogP contribution < -0.4 is 10.5 Å². The number of primary amides is 1. The highest BCUT2D eigenvalue weighted by atomic mass is 16.5. The van der Waals surface area contributed by atoms with Gasteiger partial charge in [0.1, 0.15) is 11.4 Å². The second-order valence-electron chi connectivity index (χ2n) is 4.97. The summed E-state index contributed by atoms with van der Waals surface area (Å²) in [7, 11) is 0. The lowest BCUT2D eigenvalue weighted by Gasteiger charge is -2.25. The molecular weight excluding hydrogens is 286 g/mol. The van der Waals surface area contributed by atoms with Crippen LogP contribution in [0.25, 0.3) is 0 Å². The molecule has 22 heavy (non-hydrogen) atoms. The van der Waals surface area contributed by atoms with E-state index in [4.69, 9.17) is 10.5 Å². The lowest BCUT2D eigenvalue weighted by Crippen LogP contribution is -2.36. The van der Waals surface area contributed by atoms with Crippen LogP contribution >= 0.6 is 0 Å². The van der Waals surface area contributed by atoms with E-state index in [0.29, 0.717) is 30.8 Å². The zero-order chi connectivity index (χ0) is 15.5. The number of aromatic amines is 1. The molecule has 8 nitrogen and oxygen atoms in total. The summed E-state index contributed by atoms with van der Waals surface area (Å²) in [5.41, 5.74) is 7.28. The first-order valence-electron chi connectivity index (χ1n) is 6.82. The van der Waals surface area contributed by atoms with Crippen molar-refractivity contribution < 1.29 is 14.3 Å². The fourth-order valence-electron chi connectivity index (χ4n) is 2.31. The predicted octanol–water partition coefficient (Wildman–Crippen LogP) is -0.133. The van der Waals surface area contributed by atoms with E-state index in [2.05, 4.69) is 15.4 Å². The first-order chi connectivity index (χ1) is 10.6. The number of ether oxygens (including phenoxy) is 1. The van der Waals surface area contributed by atoms with Gasteiger partial charge < -0.3 is 15.4 Å². The van der Waals surface area contributed by atoms with Gasteiger partial charge in [0.15, 0.2) is 6.61 Å². The molecule has 1 aliphatic heterocycles. The van der Waals surface area contributed by atoms with Crippen molar-refractivity contribution >= 4 is 11.8 Å². The fraction of sp³-hybridized carbons (Fsp3) is 0.286. The van der Waals surface area contributed by atoms with E-state index in [1.165, 1.54) is 0 Å². The van der Waals surface area contributed by atoms with Crippen LogP contribution in [0.5, 0.6) is 5.75 Å². The van der Waals surface area contributed by atoms with Crippen molar-refractivity contribution in [3.05, 3.63) is 41.2 Å². The standard InChI is InChI=1S/C14H15N5O3/c15-13(20)8-22-10-3-1-9(2-4-10)14(21)19-6-5-11-12(7-19)17-18-16-11/h1-4H,5-8H2,(H2,15,20)(H,16,17,18). The molecule has 0 saturated heterocycles. The number of hydrogen-bond donors (Lipinski definition) is 2. The molecule has 3 N–H and O–H groups in total. The Balaban J connectivity index is 1.66. The van der Waals surface area contributed by atoms with Crippen LogP contribution in [0.4, 0.5) is 0 Å². The summed E-state index contributed by atoms with van der Waals surface area (Å²) in [4.78, 5) is 24.8. The first-order valence-corrected chi connectivity index (χ1v) is 6.82. The molecule has 2 amide bonds. The normalized spacial score (nSPS) is 13.5. The van der Waals surface area contributed by atoms with Gasteiger partial charge in [-0.3, -0.25) is 9.59 Å². The second kappa shape index (κ2) is 5.84. The number of H-pyrrole nitrogens is 1. The van der Waals surface area contributed by atoms with Gasteiger partial charge in [-0.05, 0) is 24.3 Å². The average molecular weight is 301 g/mol. The summed E-state index contributed by atoms with van der Waals surface area (Å²) in [6.07, 6.45) is 0.692. The number of nitrogens with two attached hydrogens (primary N) is 1. The fourth-order valence-corrected chi connectivity index (χ4v) is 2.31. The topological polar surface area (TPSA) is 114 Å². The zero-order valence-corrected chi connectivity index (χ0v) is 11.8. The number of benzene rings is 1. The van der Waals surface area contributed by atoms with Crippen molar-refractivity contribution in [2.24, 2.45) is 5.73 Å². The van der Waals surface area contributed by atoms with Crippen LogP contribution in [0.3, 0.4) is 0 Å². The molecule has 1 aliphatic rings. The molecule has 1 aromatic carbocycles. The Morgan fingerprint density at radius 3 is 2.68 bits per heavy atom. The molecule has 0 atom stereocenters. The Morgan fingerprint density at radius 2 is 1.95 bits per heavy atom. The van der Waals surface area contributed by atoms with Crippen LogP contribution in [0.15, 0.2) is 24.3 Å². The number of carbonyl (C=O) groups is 2. The van der Waals surface area contributed by atoms with Crippen molar-refractivity contribution in [3.8, 4) is 5.75 Å². The molecular formula is C14H15N5O3. The van der Waals surface area contributed by atoms with Gasteiger partial charge in [0.25, 0.3) is 11.8 Å². The summed E-state index contributed by atoms with van der Waals surface area (Å²) in [5, 5.41) is 10.7. The van der Waals surface area contributed by atoms with Gasteiger partial charge in [-0.1, -0.05) is 0 Å². The summed E-state index contributed by atoms with van der Waals surface area (Å²) in [6.45, 7) is 0.872. The predicted molar refractivity (Wildman–Crippen MR) is 76.0 cm³/mol. The number of nitrogens with zero attached hydrogens (tertiary/aromatic N) is 3. The van der Waals surface area contributed by atoms with Crippen molar-refractivity contribution in [1.29, 1.82) is 0 Å². The number of carbonyl (C=O) groups excluding carboxylic acids is 2. The largest absolute Gasteiger partial charge is 0.484 e. The maximum atomic E-state index is 12.5. The van der Waals surface area contributed by atoms with Gasteiger partial charge >= 0.3 is 0 Å². The van der Waals surface area contributed by atoms with Crippen LogP contribution in [-0.4, -0.2) is 45.3 Å². The summed E-state index contributed by atoms with van der Waals surface area (Å²) in [5.74, 6) is -0.125. The van der Waals surface area contributed by atoms with Crippen molar-refractivity contribution in [2.75, 3.05) is 13.2 Å². The van der Waals surface area contributed by atoms with Crippen molar-refractivity contribution in [1.82, 2.24) is 20.3 Å². The molecule has 0 saturated carbocycles.